The van der Waals surface area contributed by atoms with Crippen molar-refractivity contribution in [2.45, 2.75) is 20.8 Å². The Hall–Kier alpha value is -3.56. The molecule has 168 valence electrons. The van der Waals surface area contributed by atoms with Gasteiger partial charge in [0.2, 0.25) is 0 Å². The summed E-state index contributed by atoms with van der Waals surface area (Å²) >= 11 is 0. The van der Waals surface area contributed by atoms with Crippen LogP contribution in [0.5, 0.6) is 0 Å². The fourth-order valence-corrected chi connectivity index (χ4v) is 5.24. The molecule has 0 saturated heterocycles. The Morgan fingerprint density at radius 1 is 0.743 bits per heavy atom. The van der Waals surface area contributed by atoms with Crippen molar-refractivity contribution in [3.63, 3.8) is 0 Å². The van der Waals surface area contributed by atoms with Crippen LogP contribution < -0.4 is 0 Å². The molecule has 0 atom stereocenters. The smallest absolute Gasteiger partial charge is 0.0716 e. The van der Waals surface area contributed by atoms with Crippen molar-refractivity contribution in [1.82, 2.24) is 19.5 Å². The maximum atomic E-state index is 5.02. The molecule has 0 radical (unpaired) electrons. The molecule has 6 rings (SSSR count). The number of H-pyrrole nitrogens is 1. The molecule has 1 aromatic carbocycles. The number of aromatic amines is 1. The van der Waals surface area contributed by atoms with Crippen LogP contribution in [0.15, 0.2) is 60.7 Å². The summed E-state index contributed by atoms with van der Waals surface area (Å²) in [5.74, 6) is 0. The molecule has 0 unspecified atom stereocenters. The third-order valence-corrected chi connectivity index (χ3v) is 6.74. The average Bonchev–Trinajstić information content (AvgIpc) is 3.58. The minimum absolute atomic E-state index is 0. The van der Waals surface area contributed by atoms with E-state index in [-0.39, 0.29) is 19.5 Å². The zero-order chi connectivity index (χ0) is 23.4. The van der Waals surface area contributed by atoms with Crippen molar-refractivity contribution >= 4 is 45.9 Å². The van der Waals surface area contributed by atoms with Gasteiger partial charge in [-0.3, -0.25) is 0 Å². The number of aromatic nitrogens is 4. The van der Waals surface area contributed by atoms with Crippen LogP contribution in [0.1, 0.15) is 40.8 Å². The molecule has 2 aliphatic rings. The van der Waals surface area contributed by atoms with Crippen molar-refractivity contribution in [3.05, 3.63) is 94.6 Å². The van der Waals surface area contributed by atoms with E-state index in [2.05, 4.69) is 116 Å². The van der Waals surface area contributed by atoms with Crippen LogP contribution in [0.3, 0.4) is 0 Å². The summed E-state index contributed by atoms with van der Waals surface area (Å²) in [4.78, 5) is 13.4. The van der Waals surface area contributed by atoms with Crippen molar-refractivity contribution in [3.8, 4) is 11.1 Å². The van der Waals surface area contributed by atoms with Gasteiger partial charge in [0, 0.05) is 48.6 Å². The Balaban J connectivity index is 0.00000253. The average molecular weight is 508 g/mol. The third-order valence-electron chi connectivity index (χ3n) is 6.74. The number of allylic oxidation sites excluding steroid dienone is 1. The third kappa shape index (κ3) is 4.00. The zero-order valence-corrected chi connectivity index (χ0v) is 23.5. The maximum absolute atomic E-state index is 5.02. The Bertz CT molecular complexity index is 1680. The van der Waals surface area contributed by atoms with Gasteiger partial charge in [-0.15, -0.1) is 0 Å². The van der Waals surface area contributed by atoms with Gasteiger partial charge < -0.3 is 9.55 Å². The van der Waals surface area contributed by atoms with E-state index in [0.717, 1.165) is 39.3 Å². The summed E-state index contributed by atoms with van der Waals surface area (Å²) in [6.45, 7) is 6.54. The van der Waals surface area contributed by atoms with Gasteiger partial charge in [0.25, 0.3) is 0 Å². The van der Waals surface area contributed by atoms with Gasteiger partial charge in [0.15, 0.2) is 0 Å². The SMILES string of the molecule is CC1=Cc2cc3ccc(cc4nc(cc5c(-c6ccccc6)c(C)c(c(C)c1n2)n5C)C=C4)[nH]3.[Zn]. The molecule has 0 fully saturated rings. The Kier molecular flexibility index (Phi) is 5.90. The molecule has 8 bridgehead atoms. The van der Waals surface area contributed by atoms with Crippen LogP contribution in [-0.4, -0.2) is 19.5 Å². The minimum atomic E-state index is 0. The van der Waals surface area contributed by atoms with Crippen LogP contribution in [0.2, 0.25) is 0 Å². The topological polar surface area (TPSA) is 46.5 Å². The van der Waals surface area contributed by atoms with E-state index in [1.54, 1.807) is 0 Å². The summed E-state index contributed by atoms with van der Waals surface area (Å²) < 4.78 is 2.30. The Morgan fingerprint density at radius 2 is 1.40 bits per heavy atom. The number of hydrogen-bond acceptors (Lipinski definition) is 2. The van der Waals surface area contributed by atoms with E-state index in [0.29, 0.717) is 0 Å². The van der Waals surface area contributed by atoms with Crippen LogP contribution in [0.4, 0.5) is 0 Å². The second-order valence-electron chi connectivity index (χ2n) is 9.09. The molecule has 5 heterocycles. The molecule has 35 heavy (non-hydrogen) atoms. The molecule has 3 aromatic heterocycles. The number of nitrogens with zero attached hydrogens (tertiary/aromatic N) is 3. The second kappa shape index (κ2) is 8.90. The molecule has 0 amide bonds. The van der Waals surface area contributed by atoms with E-state index in [4.69, 9.17) is 9.97 Å². The van der Waals surface area contributed by atoms with Crippen molar-refractivity contribution < 1.29 is 19.5 Å². The largest absolute Gasteiger partial charge is 0.355 e. The normalized spacial score (nSPS) is 12.4. The molecular formula is C30H26N4Zn. The summed E-state index contributed by atoms with van der Waals surface area (Å²) in [6, 6.07) is 21.2. The molecule has 0 aliphatic carbocycles. The maximum Gasteiger partial charge on any atom is 0.0716 e. The monoisotopic (exact) mass is 506 g/mol. The van der Waals surface area contributed by atoms with Crippen LogP contribution in [-0.2, 0) is 26.5 Å². The Labute approximate surface area is 217 Å². The van der Waals surface area contributed by atoms with Gasteiger partial charge in [-0.05, 0) is 91.6 Å². The van der Waals surface area contributed by atoms with E-state index >= 15 is 0 Å². The van der Waals surface area contributed by atoms with Crippen molar-refractivity contribution in [2.75, 3.05) is 0 Å². The predicted molar refractivity (Wildman–Crippen MR) is 143 cm³/mol. The van der Waals surface area contributed by atoms with Crippen LogP contribution in [0, 0.1) is 13.8 Å². The van der Waals surface area contributed by atoms with Crippen LogP contribution in [0.25, 0.3) is 57.0 Å². The van der Waals surface area contributed by atoms with Crippen LogP contribution >= 0.6 is 0 Å². The van der Waals surface area contributed by atoms with E-state index in [9.17, 15) is 0 Å². The number of fused-ring (bicyclic) bond motifs is 8. The fourth-order valence-electron chi connectivity index (χ4n) is 5.24. The minimum Gasteiger partial charge on any atom is -0.355 e. The summed E-state index contributed by atoms with van der Waals surface area (Å²) in [5, 5.41) is 0. The van der Waals surface area contributed by atoms with Crippen molar-refractivity contribution in [2.24, 2.45) is 7.05 Å². The quantitative estimate of drug-likeness (QED) is 0.241. The number of nitrogens with one attached hydrogen (secondary N) is 1. The van der Waals surface area contributed by atoms with Gasteiger partial charge >= 0.3 is 0 Å². The summed E-state index contributed by atoms with van der Waals surface area (Å²) in [5.41, 5.74) is 14.3. The number of hydrogen-bond donors (Lipinski definition) is 1. The van der Waals surface area contributed by atoms with Gasteiger partial charge in [-0.2, -0.15) is 0 Å². The number of benzene rings is 1. The molecule has 2 aliphatic heterocycles. The first kappa shape index (κ1) is 23.2. The van der Waals surface area contributed by atoms with Gasteiger partial charge in [0.05, 0.1) is 28.3 Å². The van der Waals surface area contributed by atoms with Gasteiger partial charge in [-0.1, -0.05) is 30.3 Å². The van der Waals surface area contributed by atoms with Gasteiger partial charge in [0.1, 0.15) is 0 Å². The first-order valence-electron chi connectivity index (χ1n) is 11.6. The molecule has 1 N–H and O–H groups in total. The molecule has 4 aromatic rings. The summed E-state index contributed by atoms with van der Waals surface area (Å²) in [6.07, 6.45) is 6.32. The van der Waals surface area contributed by atoms with Gasteiger partial charge in [-0.25, -0.2) is 9.97 Å². The zero-order valence-electron chi connectivity index (χ0n) is 20.6. The van der Waals surface area contributed by atoms with E-state index < -0.39 is 0 Å². The molecule has 0 spiro atoms. The molecule has 4 nitrogen and oxygen atoms in total. The number of aryl methyl sites for hydroxylation is 3. The summed E-state index contributed by atoms with van der Waals surface area (Å²) in [7, 11) is 2.15. The van der Waals surface area contributed by atoms with E-state index in [1.165, 1.54) is 33.3 Å². The predicted octanol–water partition coefficient (Wildman–Crippen LogP) is 7.34. The molecular weight excluding hydrogens is 482 g/mol. The Morgan fingerprint density at radius 3 is 2.11 bits per heavy atom. The van der Waals surface area contributed by atoms with Crippen molar-refractivity contribution in [1.29, 1.82) is 0 Å². The van der Waals surface area contributed by atoms with E-state index in [1.807, 2.05) is 0 Å². The second-order valence-corrected chi connectivity index (χ2v) is 9.09. The standard InChI is InChI=1S/C30H26N4.Zn/c1-18-14-26-16-24-11-10-22(31-24)15-23-12-13-25(32-23)17-27-28(21-8-6-5-7-9-21)19(2)30(34(27)4)20(3)29(18)33-26;/h5-17,31H,1-4H3;. The fraction of sp³-hybridized carbons (Fsp3) is 0.133. The molecule has 5 heteroatoms. The molecule has 0 saturated carbocycles. The first-order valence-corrected chi connectivity index (χ1v) is 11.6. The first-order chi connectivity index (χ1) is 16.5. The number of rotatable bonds is 1.